The van der Waals surface area contributed by atoms with Crippen molar-refractivity contribution in [1.82, 2.24) is 19.9 Å². The maximum atomic E-state index is 16.6. The Kier molecular flexibility index (Phi) is 12.6. The van der Waals surface area contributed by atoms with Gasteiger partial charge < -0.3 is 51.2 Å². The molecule has 3 aromatic heterocycles. The van der Waals surface area contributed by atoms with Crippen LogP contribution in [0.5, 0.6) is 11.5 Å². The van der Waals surface area contributed by atoms with E-state index in [1.165, 1.54) is 97.1 Å². The second-order valence-corrected chi connectivity index (χ2v) is 16.0. The van der Waals surface area contributed by atoms with E-state index in [2.05, 4.69) is 20.6 Å². The third kappa shape index (κ3) is 8.35. The van der Waals surface area contributed by atoms with Crippen molar-refractivity contribution in [3.05, 3.63) is 142 Å². The minimum atomic E-state index is -1.88. The van der Waals surface area contributed by atoms with Crippen LogP contribution in [0, 0.1) is 46.5 Å². The Labute approximate surface area is 389 Å². The van der Waals surface area contributed by atoms with Gasteiger partial charge >= 0.3 is 0 Å². The summed E-state index contributed by atoms with van der Waals surface area (Å²) >= 11 is 0. The molecule has 20 heteroatoms. The molecular weight excluding hydrogens is 933 g/mol. The minimum absolute atomic E-state index is 0.0133. The number of aliphatic hydroxyl groups is 4. The molecule has 0 fully saturated rings. The van der Waals surface area contributed by atoms with Crippen molar-refractivity contribution in [3.8, 4) is 56.0 Å². The number of H-pyrrole nitrogens is 2. The lowest BCUT2D eigenvalue weighted by atomic mass is 10.0. The molecule has 0 radical (unpaired) electrons. The second-order valence-electron chi connectivity index (χ2n) is 16.0. The Morgan fingerprint density at radius 2 is 0.743 bits per heavy atom. The van der Waals surface area contributed by atoms with Crippen LogP contribution in [0.3, 0.4) is 0 Å². The van der Waals surface area contributed by atoms with E-state index in [-0.39, 0.29) is 78.6 Å². The Morgan fingerprint density at radius 3 is 1.06 bits per heavy atom. The molecule has 7 aromatic rings. The molecule has 5 heterocycles. The van der Waals surface area contributed by atoms with E-state index in [9.17, 15) is 30.6 Å². The maximum Gasteiger partial charge on any atom is 0.185 e. The number of nitrogens with zero attached hydrogens (tertiary/aromatic N) is 2. The van der Waals surface area contributed by atoms with E-state index < -0.39 is 119 Å². The van der Waals surface area contributed by atoms with Gasteiger partial charge in [0.25, 0.3) is 0 Å². The van der Waals surface area contributed by atoms with Gasteiger partial charge in [0.05, 0.1) is 59.3 Å². The third-order valence-electron chi connectivity index (χ3n) is 11.5. The largest absolute Gasteiger partial charge is 0.508 e. The van der Waals surface area contributed by atoms with Crippen molar-refractivity contribution in [2.24, 2.45) is 0 Å². The molecule has 0 saturated heterocycles. The van der Waals surface area contributed by atoms with Crippen molar-refractivity contribution >= 4 is 57.7 Å². The van der Waals surface area contributed by atoms with Gasteiger partial charge in [0.15, 0.2) is 46.5 Å². The number of aromatic amines is 2. The van der Waals surface area contributed by atoms with Gasteiger partial charge in [0.1, 0.15) is 22.9 Å². The van der Waals surface area contributed by atoms with E-state index in [0.29, 0.717) is 0 Å². The number of phenols is 2. The summed E-state index contributed by atoms with van der Waals surface area (Å²) in [4.78, 5) is 15.4. The number of fused-ring (bicyclic) bond motifs is 8. The quantitative estimate of drug-likeness (QED) is 0.0415. The summed E-state index contributed by atoms with van der Waals surface area (Å²) in [6.07, 6.45) is 2.19. The lowest BCUT2D eigenvalue weighted by Gasteiger charge is -2.16. The molecule has 2 aliphatic rings. The Bertz CT molecular complexity index is 3220. The molecule has 8 bridgehead atoms. The highest BCUT2D eigenvalue weighted by Gasteiger charge is 2.32. The third-order valence-corrected chi connectivity index (χ3v) is 11.5. The van der Waals surface area contributed by atoms with Crippen LogP contribution in [-0.4, -0.2) is 89.1 Å². The molecule has 70 heavy (non-hydrogen) atoms. The van der Waals surface area contributed by atoms with Crippen molar-refractivity contribution < 1.29 is 65.8 Å². The van der Waals surface area contributed by atoms with Crippen molar-refractivity contribution in [2.45, 2.75) is 12.2 Å². The zero-order valence-corrected chi connectivity index (χ0v) is 35.8. The number of halogens is 8. The van der Waals surface area contributed by atoms with Crippen LogP contribution in [0.2, 0.25) is 0 Å². The predicted octanol–water partition coefficient (Wildman–Crippen LogP) is 9.38. The highest BCUT2D eigenvalue weighted by molar-refractivity contribution is 6.00. The molecule has 2 atom stereocenters. The number of hydrogen-bond donors (Lipinski definition) is 10. The average Bonchev–Trinajstić information content (AvgIpc) is 4.20. The number of aromatic nitrogens is 4. The smallest absolute Gasteiger partial charge is 0.185 e. The van der Waals surface area contributed by atoms with Gasteiger partial charge in [-0.15, -0.1) is 0 Å². The molecule has 358 valence electrons. The molecule has 0 spiro atoms. The Balaban J connectivity index is 1.44. The molecule has 10 N–H and O–H groups in total. The highest BCUT2D eigenvalue weighted by atomic mass is 19.2. The summed E-state index contributed by atoms with van der Waals surface area (Å²) < 4.78 is 130. The second kappa shape index (κ2) is 18.8. The fourth-order valence-electron chi connectivity index (χ4n) is 8.24. The maximum absolute atomic E-state index is 16.6. The summed E-state index contributed by atoms with van der Waals surface area (Å²) in [5.41, 5.74) is -6.11. The first-order valence-electron chi connectivity index (χ1n) is 21.1. The van der Waals surface area contributed by atoms with Crippen LogP contribution in [0.1, 0.15) is 22.8 Å². The highest BCUT2D eigenvalue weighted by Crippen LogP contribution is 2.44. The summed E-state index contributed by atoms with van der Waals surface area (Å²) in [6.45, 7) is -3.06. The topological polar surface area (TPSA) is 203 Å². The van der Waals surface area contributed by atoms with Crippen LogP contribution in [0.25, 0.3) is 90.9 Å². The zero-order chi connectivity index (χ0) is 49.7. The average molecular weight is 969 g/mol. The van der Waals surface area contributed by atoms with Crippen LogP contribution in [0.4, 0.5) is 46.5 Å². The molecular formula is C50H36F8N6O6. The van der Waals surface area contributed by atoms with Crippen molar-refractivity contribution in [1.29, 1.82) is 0 Å². The molecule has 0 amide bonds. The van der Waals surface area contributed by atoms with Gasteiger partial charge in [-0.05, 0) is 84.0 Å². The van der Waals surface area contributed by atoms with Gasteiger partial charge in [0, 0.05) is 57.4 Å². The van der Waals surface area contributed by atoms with Crippen LogP contribution in [0.15, 0.2) is 72.8 Å². The predicted molar refractivity (Wildman–Crippen MR) is 247 cm³/mol. The number of hydrogen-bond acceptors (Lipinski definition) is 10. The summed E-state index contributed by atoms with van der Waals surface area (Å²) in [6, 6.07) is 16.7. The summed E-state index contributed by atoms with van der Waals surface area (Å²) in [5, 5.41) is 63.5. The van der Waals surface area contributed by atoms with Crippen LogP contribution in [-0.2, 0) is 0 Å². The Morgan fingerprint density at radius 1 is 0.429 bits per heavy atom. The SMILES string of the molecule is OC[C@@H](O)CNc1c(F)c(F)c(-c2c3nc(c(-c4cccc(O)c4)c4ccc([nH]4)c(-c4c(F)c(F)c(NC[C@H](O)CO)c(F)c4F)c4nc(c(-c5cccc(O)c5)c5ccc2[nH]5)C=C4)C=C3)c(F)c1F. The van der Waals surface area contributed by atoms with E-state index >= 15 is 35.1 Å². The van der Waals surface area contributed by atoms with E-state index in [1.807, 2.05) is 0 Å². The minimum Gasteiger partial charge on any atom is -0.508 e. The monoisotopic (exact) mass is 968 g/mol. The Hall–Kier alpha value is -8.04. The summed E-state index contributed by atoms with van der Waals surface area (Å²) in [5.74, 6) is -15.5. The van der Waals surface area contributed by atoms with E-state index in [4.69, 9.17) is 9.97 Å². The lowest BCUT2D eigenvalue weighted by Crippen LogP contribution is -2.24. The number of phenolic OH excluding ortho intramolecular Hbond substituents is 2. The van der Waals surface area contributed by atoms with Gasteiger partial charge in [-0.2, -0.15) is 0 Å². The van der Waals surface area contributed by atoms with Gasteiger partial charge in [-0.25, -0.2) is 45.1 Å². The lowest BCUT2D eigenvalue weighted by molar-refractivity contribution is 0.105. The molecule has 0 aliphatic carbocycles. The number of aliphatic hydroxyl groups excluding tert-OH is 4. The molecule has 4 aromatic carbocycles. The first-order chi connectivity index (χ1) is 33.6. The summed E-state index contributed by atoms with van der Waals surface area (Å²) in [7, 11) is 0. The number of rotatable bonds is 12. The fourth-order valence-corrected chi connectivity index (χ4v) is 8.24. The molecule has 2 aliphatic heterocycles. The van der Waals surface area contributed by atoms with Crippen molar-refractivity contribution in [3.63, 3.8) is 0 Å². The van der Waals surface area contributed by atoms with Gasteiger partial charge in [-0.3, -0.25) is 0 Å². The first kappa shape index (κ1) is 47.0. The van der Waals surface area contributed by atoms with Gasteiger partial charge in [0.2, 0.25) is 0 Å². The fraction of sp³-hybridized carbons (Fsp3) is 0.120. The van der Waals surface area contributed by atoms with Crippen LogP contribution >= 0.6 is 0 Å². The number of benzene rings is 4. The van der Waals surface area contributed by atoms with Crippen LogP contribution < -0.4 is 10.6 Å². The molecule has 12 nitrogen and oxygen atoms in total. The number of anilines is 2. The van der Waals surface area contributed by atoms with Crippen molar-refractivity contribution in [2.75, 3.05) is 36.9 Å². The van der Waals surface area contributed by atoms with E-state index in [0.717, 1.165) is 0 Å². The first-order valence-corrected chi connectivity index (χ1v) is 21.1. The number of nitrogens with one attached hydrogen (secondary N) is 4. The van der Waals surface area contributed by atoms with Gasteiger partial charge in [-0.1, -0.05) is 24.3 Å². The molecule has 0 unspecified atom stereocenters. The molecule has 0 saturated carbocycles. The zero-order valence-electron chi connectivity index (χ0n) is 35.8. The molecule has 9 rings (SSSR count). The van der Waals surface area contributed by atoms with E-state index in [1.54, 1.807) is 0 Å². The number of aromatic hydroxyl groups is 2. The standard InChI is InChI=1S/C50H36F8N6O6/c51-41-39(42(52)46(56)49(45(41)55)59-17-25(69)19-65)37-31-11-7-27(61-31)35(21-3-1-5-23(67)15-21)28-8-12-32(62-28)38(40-43(53)47(57)50(48(58)44(40)54)60-18-26(70)20-66)34-14-10-30(64-34)36(29-9-13-33(37)63-29)22-4-2-6-24(68)16-22/h1-16,25-26,59-61,64-70H,17-20H2/t25-,26-/m0/s1. The normalized spacial score (nSPS) is 13.0.